The first kappa shape index (κ1) is 19.1. The summed E-state index contributed by atoms with van der Waals surface area (Å²) < 4.78 is 2.01. The second-order valence-corrected chi connectivity index (χ2v) is 7.88. The highest BCUT2D eigenvalue weighted by Gasteiger charge is 2.36. The van der Waals surface area contributed by atoms with Crippen molar-refractivity contribution in [3.05, 3.63) is 11.6 Å². The first-order valence-corrected chi connectivity index (χ1v) is 10.2. The van der Waals surface area contributed by atoms with E-state index in [1.165, 1.54) is 38.5 Å². The number of nitrogens with zero attached hydrogens (tertiary/aromatic N) is 5. The van der Waals surface area contributed by atoms with Gasteiger partial charge in [-0.1, -0.05) is 19.8 Å². The third kappa shape index (κ3) is 4.55. The Kier molecular flexibility index (Phi) is 6.51. The van der Waals surface area contributed by atoms with E-state index in [4.69, 9.17) is 4.99 Å². The Morgan fingerprint density at radius 2 is 1.92 bits per heavy atom. The largest absolute Gasteiger partial charge is 0.356 e. The maximum absolute atomic E-state index is 4.80. The number of aryl methyl sites for hydroxylation is 1. The maximum Gasteiger partial charge on any atom is 0.191 e. The van der Waals surface area contributed by atoms with Crippen molar-refractivity contribution in [1.82, 2.24) is 30.3 Å². The number of hydrogen-bond donors (Lipinski definition) is 2. The number of hydrogen-bond acceptors (Lipinski definition) is 4. The molecule has 2 unspecified atom stereocenters. The van der Waals surface area contributed by atoms with Crippen LogP contribution in [0.15, 0.2) is 4.99 Å². The monoisotopic (exact) mass is 361 g/mol. The molecule has 0 amide bonds. The van der Waals surface area contributed by atoms with Crippen molar-refractivity contribution in [2.45, 2.75) is 83.5 Å². The number of guanidine groups is 1. The van der Waals surface area contributed by atoms with E-state index in [0.29, 0.717) is 12.6 Å². The van der Waals surface area contributed by atoms with Crippen LogP contribution in [0.25, 0.3) is 0 Å². The first-order valence-electron chi connectivity index (χ1n) is 10.2. The molecule has 2 saturated heterocycles. The van der Waals surface area contributed by atoms with Gasteiger partial charge in [0.15, 0.2) is 11.8 Å². The zero-order valence-electron chi connectivity index (χ0n) is 16.8. The predicted molar refractivity (Wildman–Crippen MR) is 105 cm³/mol. The zero-order chi connectivity index (χ0) is 18.5. The summed E-state index contributed by atoms with van der Waals surface area (Å²) in [7, 11) is 4.30. The molecule has 0 saturated carbocycles. The van der Waals surface area contributed by atoms with Gasteiger partial charge in [0.25, 0.3) is 0 Å². The van der Waals surface area contributed by atoms with Crippen molar-refractivity contribution >= 4 is 5.96 Å². The van der Waals surface area contributed by atoms with Crippen LogP contribution >= 0.6 is 0 Å². The van der Waals surface area contributed by atoms with Gasteiger partial charge in [-0.2, -0.15) is 0 Å². The number of unbranched alkanes of at least 4 members (excludes halogenated alkanes) is 1. The molecular formula is C19H35N7. The van der Waals surface area contributed by atoms with Crippen molar-refractivity contribution in [1.29, 1.82) is 0 Å². The molecule has 2 N–H and O–H groups in total. The van der Waals surface area contributed by atoms with Crippen molar-refractivity contribution in [3.63, 3.8) is 0 Å². The van der Waals surface area contributed by atoms with Gasteiger partial charge in [0, 0.05) is 31.7 Å². The van der Waals surface area contributed by atoms with Gasteiger partial charge in [0.05, 0.1) is 0 Å². The molecule has 2 bridgehead atoms. The van der Waals surface area contributed by atoms with Crippen LogP contribution < -0.4 is 10.6 Å². The topological polar surface area (TPSA) is 70.4 Å². The average Bonchev–Trinajstić information content (AvgIpc) is 2.92. The fraction of sp³-hybridized carbons (Fsp3) is 0.842. The van der Waals surface area contributed by atoms with E-state index in [1.54, 1.807) is 0 Å². The lowest BCUT2D eigenvalue weighted by atomic mass is 9.82. The third-order valence-corrected chi connectivity index (χ3v) is 6.06. The van der Waals surface area contributed by atoms with Crippen molar-refractivity contribution in [3.8, 4) is 0 Å². The minimum Gasteiger partial charge on any atom is -0.356 e. The van der Waals surface area contributed by atoms with E-state index >= 15 is 0 Å². The summed E-state index contributed by atoms with van der Waals surface area (Å²) in [6, 6.07) is 1.95. The zero-order valence-corrected chi connectivity index (χ0v) is 16.8. The van der Waals surface area contributed by atoms with Crippen LogP contribution in [0.5, 0.6) is 0 Å². The molecule has 146 valence electrons. The van der Waals surface area contributed by atoms with Crippen LogP contribution in [-0.2, 0) is 13.6 Å². The number of nitrogens with one attached hydrogen (secondary N) is 2. The highest BCUT2D eigenvalue weighted by Crippen LogP contribution is 2.32. The Morgan fingerprint density at radius 3 is 2.54 bits per heavy atom. The molecule has 1 aromatic rings. The van der Waals surface area contributed by atoms with Gasteiger partial charge >= 0.3 is 0 Å². The Morgan fingerprint density at radius 1 is 1.19 bits per heavy atom. The Bertz CT molecular complexity index is 595. The molecule has 2 fully saturated rings. The standard InChI is InChI=1S/C19H35N7/c1-5-6-10-20-19(21-13-18-24-23-14(2)25(18)3)22-15-11-16-8-7-9-17(12-15)26(16)4/h15-17H,5-13H2,1-4H3,(H2,20,21,22). The normalized spacial score (nSPS) is 26.8. The fourth-order valence-electron chi connectivity index (χ4n) is 4.20. The van der Waals surface area contributed by atoms with Crippen LogP contribution in [-0.4, -0.2) is 57.3 Å². The summed E-state index contributed by atoms with van der Waals surface area (Å²) in [5.74, 6) is 2.75. The lowest BCUT2D eigenvalue weighted by molar-refractivity contribution is 0.0526. The number of fused-ring (bicyclic) bond motifs is 2. The van der Waals surface area contributed by atoms with Crippen LogP contribution in [0.4, 0.5) is 0 Å². The maximum atomic E-state index is 4.80. The van der Waals surface area contributed by atoms with E-state index in [-0.39, 0.29) is 0 Å². The van der Waals surface area contributed by atoms with Crippen LogP contribution in [0.3, 0.4) is 0 Å². The van der Waals surface area contributed by atoms with Gasteiger partial charge in [-0.25, -0.2) is 4.99 Å². The van der Waals surface area contributed by atoms with E-state index in [1.807, 2.05) is 18.5 Å². The van der Waals surface area contributed by atoms with Gasteiger partial charge in [0.2, 0.25) is 0 Å². The molecule has 3 heterocycles. The fourth-order valence-corrected chi connectivity index (χ4v) is 4.20. The molecule has 2 aliphatic heterocycles. The van der Waals surface area contributed by atoms with Crippen LogP contribution in [0.1, 0.15) is 63.5 Å². The second-order valence-electron chi connectivity index (χ2n) is 7.88. The molecule has 2 aliphatic rings. The van der Waals surface area contributed by atoms with Gasteiger partial charge in [-0.15, -0.1) is 10.2 Å². The molecule has 7 nitrogen and oxygen atoms in total. The smallest absolute Gasteiger partial charge is 0.191 e. The van der Waals surface area contributed by atoms with E-state index < -0.39 is 0 Å². The number of rotatable bonds is 6. The lowest BCUT2D eigenvalue weighted by Crippen LogP contribution is -2.56. The molecule has 0 aliphatic carbocycles. The van der Waals surface area contributed by atoms with Crippen molar-refractivity contribution < 1.29 is 0 Å². The summed E-state index contributed by atoms with van der Waals surface area (Å²) in [5, 5.41) is 15.6. The molecule has 2 atom stereocenters. The van der Waals surface area contributed by atoms with Crippen LogP contribution in [0.2, 0.25) is 0 Å². The van der Waals surface area contributed by atoms with Gasteiger partial charge in [0.1, 0.15) is 12.4 Å². The summed E-state index contributed by atoms with van der Waals surface area (Å²) in [4.78, 5) is 7.41. The molecule has 7 heteroatoms. The minimum absolute atomic E-state index is 0.510. The van der Waals surface area contributed by atoms with E-state index in [2.05, 4.69) is 39.7 Å². The molecule has 0 aromatic carbocycles. The molecule has 0 spiro atoms. The summed E-state index contributed by atoms with van der Waals surface area (Å²) >= 11 is 0. The summed E-state index contributed by atoms with van der Waals surface area (Å²) in [6.07, 6.45) is 8.81. The second kappa shape index (κ2) is 8.84. The average molecular weight is 362 g/mol. The predicted octanol–water partition coefficient (Wildman–Crippen LogP) is 1.97. The third-order valence-electron chi connectivity index (χ3n) is 6.06. The first-order chi connectivity index (χ1) is 12.6. The summed E-state index contributed by atoms with van der Waals surface area (Å²) in [6.45, 7) is 5.69. The summed E-state index contributed by atoms with van der Waals surface area (Å²) in [5.41, 5.74) is 0. The Balaban J connectivity index is 1.63. The van der Waals surface area contributed by atoms with Crippen molar-refractivity contribution in [2.24, 2.45) is 12.0 Å². The highest BCUT2D eigenvalue weighted by molar-refractivity contribution is 5.80. The molecular weight excluding hydrogens is 326 g/mol. The van der Waals surface area contributed by atoms with E-state index in [9.17, 15) is 0 Å². The lowest BCUT2D eigenvalue weighted by Gasteiger charge is -2.47. The van der Waals surface area contributed by atoms with Gasteiger partial charge < -0.3 is 20.1 Å². The number of aromatic nitrogens is 3. The molecule has 0 radical (unpaired) electrons. The molecule has 26 heavy (non-hydrogen) atoms. The quantitative estimate of drug-likeness (QED) is 0.461. The minimum atomic E-state index is 0.510. The Labute approximate surface area is 157 Å². The number of piperidine rings is 2. The van der Waals surface area contributed by atoms with E-state index in [0.717, 1.165) is 42.7 Å². The molecule has 3 rings (SSSR count). The molecule has 1 aromatic heterocycles. The van der Waals surface area contributed by atoms with Gasteiger partial charge in [-0.3, -0.25) is 0 Å². The van der Waals surface area contributed by atoms with Crippen molar-refractivity contribution in [2.75, 3.05) is 13.6 Å². The van der Waals surface area contributed by atoms with Crippen LogP contribution in [0, 0.1) is 6.92 Å². The van der Waals surface area contributed by atoms with Gasteiger partial charge in [-0.05, 0) is 46.1 Å². The Hall–Kier alpha value is -1.63. The SMILES string of the molecule is CCCCNC(=NCc1nnc(C)n1C)NC1CC2CCCC(C1)N2C. The highest BCUT2D eigenvalue weighted by atomic mass is 15.3. The number of aliphatic imine (C=N–C) groups is 1.